The van der Waals surface area contributed by atoms with Crippen molar-refractivity contribution in [3.05, 3.63) is 52.2 Å². The van der Waals surface area contributed by atoms with E-state index in [0.29, 0.717) is 18.0 Å². The van der Waals surface area contributed by atoms with Gasteiger partial charge in [0, 0.05) is 11.4 Å². The first-order chi connectivity index (χ1) is 9.75. The molecule has 0 spiro atoms. The number of carbonyl (C=O) groups is 1. The van der Waals surface area contributed by atoms with Crippen LogP contribution < -0.4 is 10.1 Å². The van der Waals surface area contributed by atoms with Crippen LogP contribution in [0.2, 0.25) is 0 Å². The van der Waals surface area contributed by atoms with E-state index in [1.165, 1.54) is 11.3 Å². The van der Waals surface area contributed by atoms with Gasteiger partial charge in [0.15, 0.2) is 0 Å². The first kappa shape index (κ1) is 14.6. The van der Waals surface area contributed by atoms with Gasteiger partial charge in [0.2, 0.25) is 0 Å². The van der Waals surface area contributed by atoms with E-state index in [4.69, 9.17) is 9.84 Å². The van der Waals surface area contributed by atoms with Crippen LogP contribution in [0.25, 0.3) is 0 Å². The molecule has 0 aliphatic rings. The second-order valence-electron chi connectivity index (χ2n) is 4.26. The van der Waals surface area contributed by atoms with Crippen molar-refractivity contribution >= 4 is 17.3 Å². The van der Waals surface area contributed by atoms with Crippen LogP contribution in [-0.2, 0) is 6.54 Å². The third kappa shape index (κ3) is 4.68. The largest absolute Gasteiger partial charge is 0.494 e. The monoisotopic (exact) mass is 291 g/mol. The molecule has 1 aromatic carbocycles. The summed E-state index contributed by atoms with van der Waals surface area (Å²) < 4.78 is 5.58. The van der Waals surface area contributed by atoms with Gasteiger partial charge in [-0.1, -0.05) is 18.2 Å². The lowest BCUT2D eigenvalue weighted by Gasteiger charge is -2.06. The second kappa shape index (κ2) is 7.67. The molecule has 0 amide bonds. The lowest BCUT2D eigenvalue weighted by Crippen LogP contribution is -2.16. The zero-order valence-corrected chi connectivity index (χ0v) is 11.9. The van der Waals surface area contributed by atoms with Crippen LogP contribution in [0.1, 0.15) is 21.0 Å². The standard InChI is InChI=1S/C15H17NO3S/c17-15(18)14-8-7-13(20-14)11-16-9-4-10-19-12-5-2-1-3-6-12/h1-3,5-8,16H,4,9-11H2,(H,17,18). The van der Waals surface area contributed by atoms with E-state index in [0.717, 1.165) is 23.6 Å². The van der Waals surface area contributed by atoms with Gasteiger partial charge in [0.1, 0.15) is 10.6 Å². The molecule has 0 fully saturated rings. The molecule has 2 N–H and O–H groups in total. The van der Waals surface area contributed by atoms with Crippen LogP contribution >= 0.6 is 11.3 Å². The number of carboxylic acid groups (broad SMARTS) is 1. The van der Waals surface area contributed by atoms with Crippen LogP contribution in [-0.4, -0.2) is 24.2 Å². The lowest BCUT2D eigenvalue weighted by atomic mass is 10.3. The SMILES string of the molecule is O=C(O)c1ccc(CNCCCOc2ccccc2)s1. The van der Waals surface area contributed by atoms with Gasteiger partial charge in [0.25, 0.3) is 0 Å². The number of nitrogens with one attached hydrogen (secondary N) is 1. The minimum absolute atomic E-state index is 0.384. The quantitative estimate of drug-likeness (QED) is 0.734. The summed E-state index contributed by atoms with van der Waals surface area (Å²) in [5.74, 6) is 0.0226. The van der Waals surface area contributed by atoms with E-state index in [2.05, 4.69) is 5.32 Å². The van der Waals surface area contributed by atoms with Gasteiger partial charge < -0.3 is 15.2 Å². The van der Waals surface area contributed by atoms with Crippen molar-refractivity contribution in [3.63, 3.8) is 0 Å². The summed E-state index contributed by atoms with van der Waals surface area (Å²) in [4.78, 5) is 12.2. The molecule has 20 heavy (non-hydrogen) atoms. The maximum absolute atomic E-state index is 10.7. The predicted octanol–water partition coefficient (Wildman–Crippen LogP) is 3.01. The van der Waals surface area contributed by atoms with Gasteiger partial charge >= 0.3 is 5.97 Å². The number of carboxylic acids is 1. The Hall–Kier alpha value is -1.85. The summed E-state index contributed by atoms with van der Waals surface area (Å²) >= 11 is 1.31. The van der Waals surface area contributed by atoms with Gasteiger partial charge in [-0.3, -0.25) is 0 Å². The number of aromatic carboxylic acids is 1. The fourth-order valence-corrected chi connectivity index (χ4v) is 2.52. The molecule has 2 rings (SSSR count). The average molecular weight is 291 g/mol. The van der Waals surface area contributed by atoms with E-state index >= 15 is 0 Å². The first-order valence-electron chi connectivity index (χ1n) is 6.46. The highest BCUT2D eigenvalue weighted by molar-refractivity contribution is 7.13. The zero-order chi connectivity index (χ0) is 14.2. The van der Waals surface area contributed by atoms with Gasteiger partial charge in [-0.25, -0.2) is 4.79 Å². The smallest absolute Gasteiger partial charge is 0.345 e. The third-order valence-electron chi connectivity index (χ3n) is 2.68. The Morgan fingerprint density at radius 3 is 2.70 bits per heavy atom. The molecular formula is C15H17NO3S. The molecule has 0 radical (unpaired) electrons. The van der Waals surface area contributed by atoms with E-state index < -0.39 is 5.97 Å². The summed E-state index contributed by atoms with van der Waals surface area (Å²) in [7, 11) is 0. The molecule has 4 nitrogen and oxygen atoms in total. The number of thiophene rings is 1. The minimum Gasteiger partial charge on any atom is -0.494 e. The van der Waals surface area contributed by atoms with E-state index in [9.17, 15) is 4.79 Å². The maximum atomic E-state index is 10.7. The fraction of sp³-hybridized carbons (Fsp3) is 0.267. The highest BCUT2D eigenvalue weighted by Crippen LogP contribution is 2.15. The van der Waals surface area contributed by atoms with E-state index in [1.807, 2.05) is 36.4 Å². The molecule has 0 aliphatic carbocycles. The average Bonchev–Trinajstić information content (AvgIpc) is 2.93. The molecule has 0 saturated heterocycles. The number of benzene rings is 1. The van der Waals surface area contributed by atoms with Crippen molar-refractivity contribution in [2.24, 2.45) is 0 Å². The highest BCUT2D eigenvalue weighted by Gasteiger charge is 2.06. The molecule has 0 aliphatic heterocycles. The Kier molecular flexibility index (Phi) is 5.58. The third-order valence-corrected chi connectivity index (χ3v) is 3.75. The van der Waals surface area contributed by atoms with Gasteiger partial charge in [0.05, 0.1) is 6.61 Å². The van der Waals surface area contributed by atoms with Crippen molar-refractivity contribution in [1.82, 2.24) is 5.32 Å². The molecule has 106 valence electrons. The summed E-state index contributed by atoms with van der Waals surface area (Å²) in [6.45, 7) is 2.21. The summed E-state index contributed by atoms with van der Waals surface area (Å²) in [5, 5.41) is 12.1. The number of para-hydroxylation sites is 1. The molecule has 0 atom stereocenters. The Labute approximate surface area is 122 Å². The number of rotatable bonds is 8. The molecule has 1 aromatic heterocycles. The van der Waals surface area contributed by atoms with Crippen molar-refractivity contribution in [2.45, 2.75) is 13.0 Å². The Morgan fingerprint density at radius 1 is 1.20 bits per heavy atom. The summed E-state index contributed by atoms with van der Waals surface area (Å²) in [5.41, 5.74) is 0. The van der Waals surface area contributed by atoms with Crippen molar-refractivity contribution in [1.29, 1.82) is 0 Å². The number of ether oxygens (including phenoxy) is 1. The van der Waals surface area contributed by atoms with Gasteiger partial charge in [-0.15, -0.1) is 11.3 Å². The Morgan fingerprint density at radius 2 is 2.00 bits per heavy atom. The number of hydrogen-bond donors (Lipinski definition) is 2. The van der Waals surface area contributed by atoms with Crippen LogP contribution in [0.4, 0.5) is 0 Å². The Balaban J connectivity index is 1.58. The molecular weight excluding hydrogens is 274 g/mol. The predicted molar refractivity (Wildman–Crippen MR) is 79.5 cm³/mol. The second-order valence-corrected chi connectivity index (χ2v) is 5.43. The van der Waals surface area contributed by atoms with Crippen molar-refractivity contribution in [2.75, 3.05) is 13.2 Å². The van der Waals surface area contributed by atoms with Crippen LogP contribution in [0.3, 0.4) is 0 Å². The lowest BCUT2D eigenvalue weighted by molar-refractivity contribution is 0.0702. The molecule has 2 aromatic rings. The highest BCUT2D eigenvalue weighted by atomic mass is 32.1. The molecule has 0 unspecified atom stereocenters. The normalized spacial score (nSPS) is 10.4. The van der Waals surface area contributed by atoms with Crippen LogP contribution in [0.15, 0.2) is 42.5 Å². The maximum Gasteiger partial charge on any atom is 0.345 e. The number of hydrogen-bond acceptors (Lipinski definition) is 4. The minimum atomic E-state index is -0.863. The topological polar surface area (TPSA) is 58.6 Å². The molecule has 0 bridgehead atoms. The molecule has 0 saturated carbocycles. The fourth-order valence-electron chi connectivity index (χ4n) is 1.70. The van der Waals surface area contributed by atoms with Gasteiger partial charge in [-0.05, 0) is 37.2 Å². The zero-order valence-electron chi connectivity index (χ0n) is 11.0. The summed E-state index contributed by atoms with van der Waals surface area (Å²) in [6, 6.07) is 13.2. The molecule has 5 heteroatoms. The Bertz CT molecular complexity index is 539. The van der Waals surface area contributed by atoms with Crippen LogP contribution in [0.5, 0.6) is 5.75 Å². The van der Waals surface area contributed by atoms with E-state index in [1.54, 1.807) is 6.07 Å². The van der Waals surface area contributed by atoms with Crippen LogP contribution in [0, 0.1) is 0 Å². The van der Waals surface area contributed by atoms with E-state index in [-0.39, 0.29) is 0 Å². The molecule has 1 heterocycles. The van der Waals surface area contributed by atoms with Gasteiger partial charge in [-0.2, -0.15) is 0 Å². The van der Waals surface area contributed by atoms with Crippen molar-refractivity contribution in [3.8, 4) is 5.75 Å². The summed E-state index contributed by atoms with van der Waals surface area (Å²) in [6.07, 6.45) is 0.909. The first-order valence-corrected chi connectivity index (χ1v) is 7.28. The van der Waals surface area contributed by atoms with Crippen molar-refractivity contribution < 1.29 is 14.6 Å².